The minimum atomic E-state index is -0.169. The zero-order valence-corrected chi connectivity index (χ0v) is 13.2. The van der Waals surface area contributed by atoms with Crippen molar-refractivity contribution in [3.05, 3.63) is 65.5 Å². The Hall–Kier alpha value is -1.91. The summed E-state index contributed by atoms with van der Waals surface area (Å²) in [6.45, 7) is 1.56. The minimum Gasteiger partial charge on any atom is -0.395 e. The SMILES string of the molecule is CN1C[C@@H]2[C@H](c3ccccc31)[C@@H](CO)N2Cc1ccccc1F. The summed E-state index contributed by atoms with van der Waals surface area (Å²) in [6.07, 6.45) is 0. The average Bonchev–Trinajstić information content (AvgIpc) is 2.56. The van der Waals surface area contributed by atoms with Crippen LogP contribution in [0, 0.1) is 5.82 Å². The van der Waals surface area contributed by atoms with E-state index in [0.29, 0.717) is 24.1 Å². The van der Waals surface area contributed by atoms with Crippen LogP contribution in [0.5, 0.6) is 0 Å². The van der Waals surface area contributed by atoms with Crippen molar-refractivity contribution >= 4 is 5.69 Å². The number of para-hydroxylation sites is 1. The summed E-state index contributed by atoms with van der Waals surface area (Å²) in [6, 6.07) is 15.7. The molecule has 2 aromatic carbocycles. The van der Waals surface area contributed by atoms with Crippen LogP contribution in [0.15, 0.2) is 48.5 Å². The third kappa shape index (κ3) is 2.25. The zero-order chi connectivity index (χ0) is 16.0. The second-order valence-corrected chi connectivity index (χ2v) is 6.55. The smallest absolute Gasteiger partial charge is 0.127 e. The van der Waals surface area contributed by atoms with Crippen molar-refractivity contribution in [2.24, 2.45) is 0 Å². The molecule has 2 aliphatic rings. The molecule has 0 radical (unpaired) electrons. The van der Waals surface area contributed by atoms with E-state index in [9.17, 15) is 9.50 Å². The number of hydrogen-bond donors (Lipinski definition) is 1. The van der Waals surface area contributed by atoms with E-state index in [1.54, 1.807) is 6.07 Å². The molecule has 3 nitrogen and oxygen atoms in total. The van der Waals surface area contributed by atoms with Crippen molar-refractivity contribution in [1.29, 1.82) is 0 Å². The van der Waals surface area contributed by atoms with Gasteiger partial charge in [0.2, 0.25) is 0 Å². The Morgan fingerprint density at radius 3 is 2.65 bits per heavy atom. The van der Waals surface area contributed by atoms with Crippen molar-refractivity contribution < 1.29 is 9.50 Å². The van der Waals surface area contributed by atoms with Crippen LogP contribution < -0.4 is 4.90 Å². The van der Waals surface area contributed by atoms with Crippen molar-refractivity contribution in [2.45, 2.75) is 24.5 Å². The van der Waals surface area contributed by atoms with Gasteiger partial charge in [0.25, 0.3) is 0 Å². The van der Waals surface area contributed by atoms with E-state index in [1.807, 2.05) is 12.1 Å². The Kier molecular flexibility index (Phi) is 3.58. The molecule has 0 aromatic heterocycles. The van der Waals surface area contributed by atoms with Crippen LogP contribution in [0.3, 0.4) is 0 Å². The second-order valence-electron chi connectivity index (χ2n) is 6.55. The van der Waals surface area contributed by atoms with E-state index in [2.05, 4.69) is 41.1 Å². The maximum atomic E-state index is 14.0. The molecule has 0 amide bonds. The van der Waals surface area contributed by atoms with E-state index in [1.165, 1.54) is 17.3 Å². The van der Waals surface area contributed by atoms with Crippen LogP contribution in [0.4, 0.5) is 10.1 Å². The average molecular weight is 312 g/mol. The lowest BCUT2D eigenvalue weighted by Gasteiger charge is -2.59. The summed E-state index contributed by atoms with van der Waals surface area (Å²) in [5.41, 5.74) is 3.25. The number of anilines is 1. The molecule has 4 heteroatoms. The van der Waals surface area contributed by atoms with E-state index in [0.717, 1.165) is 6.54 Å². The van der Waals surface area contributed by atoms with Gasteiger partial charge < -0.3 is 10.0 Å². The molecule has 0 aliphatic carbocycles. The Morgan fingerprint density at radius 1 is 1.13 bits per heavy atom. The molecule has 0 spiro atoms. The number of hydrogen-bond acceptors (Lipinski definition) is 3. The third-order valence-electron chi connectivity index (χ3n) is 5.35. The molecule has 0 unspecified atom stereocenters. The minimum absolute atomic E-state index is 0.0643. The molecule has 2 aromatic rings. The highest BCUT2D eigenvalue weighted by molar-refractivity contribution is 5.59. The van der Waals surface area contributed by atoms with E-state index in [-0.39, 0.29) is 18.5 Å². The number of likely N-dealkylation sites (N-methyl/N-ethyl adjacent to an activating group) is 1. The van der Waals surface area contributed by atoms with Crippen LogP contribution in [-0.4, -0.2) is 42.3 Å². The fraction of sp³-hybridized carbons (Fsp3) is 0.368. The van der Waals surface area contributed by atoms with Gasteiger partial charge in [0.1, 0.15) is 5.82 Å². The first kappa shape index (κ1) is 14.7. The molecule has 0 saturated carbocycles. The quantitative estimate of drug-likeness (QED) is 0.944. The Bertz CT molecular complexity index is 720. The summed E-state index contributed by atoms with van der Waals surface area (Å²) in [7, 11) is 2.10. The summed E-state index contributed by atoms with van der Waals surface area (Å²) in [5.74, 6) is 0.163. The number of likely N-dealkylation sites (tertiary alicyclic amines) is 1. The monoisotopic (exact) mass is 312 g/mol. The van der Waals surface area contributed by atoms with Gasteiger partial charge in [-0.25, -0.2) is 4.39 Å². The first-order chi connectivity index (χ1) is 11.2. The van der Waals surface area contributed by atoms with Crippen molar-refractivity contribution in [3.8, 4) is 0 Å². The number of fused-ring (bicyclic) bond motifs is 3. The highest BCUT2D eigenvalue weighted by Gasteiger charge is 2.51. The first-order valence-corrected chi connectivity index (χ1v) is 8.10. The fourth-order valence-electron chi connectivity index (χ4n) is 4.22. The number of rotatable bonds is 3. The lowest BCUT2D eigenvalue weighted by molar-refractivity contribution is -0.0495. The molecule has 1 fully saturated rings. The lowest BCUT2D eigenvalue weighted by Crippen LogP contribution is -2.68. The van der Waals surface area contributed by atoms with Gasteiger partial charge in [-0.05, 0) is 17.7 Å². The van der Waals surface area contributed by atoms with Gasteiger partial charge in [0.05, 0.1) is 6.61 Å². The fourth-order valence-corrected chi connectivity index (χ4v) is 4.22. The number of benzene rings is 2. The molecule has 23 heavy (non-hydrogen) atoms. The third-order valence-corrected chi connectivity index (χ3v) is 5.35. The van der Waals surface area contributed by atoms with Crippen LogP contribution in [-0.2, 0) is 6.54 Å². The standard InChI is InChI=1S/C19H21FN2O/c1-21-11-17-19(14-7-3-5-9-16(14)21)18(12-23)22(17)10-13-6-2-4-8-15(13)20/h2-9,17-19,23H,10-12H2,1H3/t17-,18-,19+/m1/s1. The predicted molar refractivity (Wildman–Crippen MR) is 89.1 cm³/mol. The van der Waals surface area contributed by atoms with Gasteiger partial charge in [-0.15, -0.1) is 0 Å². The molecule has 0 bridgehead atoms. The lowest BCUT2D eigenvalue weighted by atomic mass is 9.72. The van der Waals surface area contributed by atoms with Crippen molar-refractivity contribution in [1.82, 2.24) is 4.90 Å². The molecule has 4 rings (SSSR count). The van der Waals surface area contributed by atoms with E-state index in [4.69, 9.17) is 0 Å². The van der Waals surface area contributed by atoms with Gasteiger partial charge >= 0.3 is 0 Å². The van der Waals surface area contributed by atoms with E-state index >= 15 is 0 Å². The molecule has 120 valence electrons. The molecule has 2 heterocycles. The molecule has 2 aliphatic heterocycles. The predicted octanol–water partition coefficient (Wildman–Crippen LogP) is 2.60. The first-order valence-electron chi connectivity index (χ1n) is 8.10. The normalized spacial score (nSPS) is 26.4. The molecular weight excluding hydrogens is 291 g/mol. The molecular formula is C19H21FN2O. The van der Waals surface area contributed by atoms with Crippen molar-refractivity contribution in [2.75, 3.05) is 25.1 Å². The number of aliphatic hydroxyl groups is 1. The number of aliphatic hydroxyl groups excluding tert-OH is 1. The Balaban J connectivity index is 1.64. The summed E-state index contributed by atoms with van der Waals surface area (Å²) < 4.78 is 14.0. The second kappa shape index (κ2) is 5.62. The summed E-state index contributed by atoms with van der Waals surface area (Å²) in [4.78, 5) is 4.51. The highest BCUT2D eigenvalue weighted by atomic mass is 19.1. The van der Waals surface area contributed by atoms with Gasteiger partial charge in [0.15, 0.2) is 0 Å². The Morgan fingerprint density at radius 2 is 1.87 bits per heavy atom. The van der Waals surface area contributed by atoms with E-state index < -0.39 is 0 Å². The van der Waals surface area contributed by atoms with Crippen molar-refractivity contribution in [3.63, 3.8) is 0 Å². The van der Waals surface area contributed by atoms with Gasteiger partial charge in [-0.2, -0.15) is 0 Å². The molecule has 1 N–H and O–H groups in total. The summed E-state index contributed by atoms with van der Waals surface area (Å²) >= 11 is 0. The van der Waals surface area contributed by atoms with Crippen LogP contribution in [0.2, 0.25) is 0 Å². The number of halogens is 1. The maximum absolute atomic E-state index is 14.0. The van der Waals surface area contributed by atoms with Gasteiger partial charge in [-0.1, -0.05) is 36.4 Å². The Labute approximate surface area is 136 Å². The topological polar surface area (TPSA) is 26.7 Å². The molecule has 3 atom stereocenters. The molecule has 1 saturated heterocycles. The van der Waals surface area contributed by atoms with Gasteiger partial charge in [0, 0.05) is 49.4 Å². The zero-order valence-electron chi connectivity index (χ0n) is 13.2. The summed E-state index contributed by atoms with van der Waals surface area (Å²) in [5, 5.41) is 9.89. The van der Waals surface area contributed by atoms with Crippen LogP contribution in [0.25, 0.3) is 0 Å². The maximum Gasteiger partial charge on any atom is 0.127 e. The number of nitrogens with zero attached hydrogens (tertiary/aromatic N) is 2. The largest absolute Gasteiger partial charge is 0.395 e. The highest BCUT2D eigenvalue weighted by Crippen LogP contribution is 2.48. The van der Waals surface area contributed by atoms with Crippen LogP contribution >= 0.6 is 0 Å². The van der Waals surface area contributed by atoms with Crippen LogP contribution in [0.1, 0.15) is 17.0 Å². The van der Waals surface area contributed by atoms with Gasteiger partial charge in [-0.3, -0.25) is 4.90 Å².